The van der Waals surface area contributed by atoms with E-state index in [1.54, 1.807) is 0 Å². The predicted octanol–water partition coefficient (Wildman–Crippen LogP) is 2.05. The molecule has 0 aliphatic carbocycles. The highest BCUT2D eigenvalue weighted by atomic mass is 16.5. The van der Waals surface area contributed by atoms with Crippen LogP contribution >= 0.6 is 0 Å². The Balaban J connectivity index is 1.84. The van der Waals surface area contributed by atoms with Crippen LogP contribution < -0.4 is 4.90 Å². The smallest absolute Gasteiger partial charge is 0.181 e. The summed E-state index contributed by atoms with van der Waals surface area (Å²) in [7, 11) is 0. The van der Waals surface area contributed by atoms with Crippen LogP contribution in [0, 0.1) is 0 Å². The largest absolute Gasteiger partial charge is 0.443 e. The predicted molar refractivity (Wildman–Crippen MR) is 61.6 cm³/mol. The summed E-state index contributed by atoms with van der Waals surface area (Å²) in [5.74, 6) is 0. The molecule has 16 heavy (non-hydrogen) atoms. The molecule has 2 heterocycles. The van der Waals surface area contributed by atoms with Crippen LogP contribution in [-0.4, -0.2) is 30.8 Å². The minimum Gasteiger partial charge on any atom is -0.443 e. The Morgan fingerprint density at radius 3 is 3.50 bits per heavy atom. The number of nitrogens with zero attached hydrogens (tertiary/aromatic N) is 2. The van der Waals surface area contributed by atoms with Gasteiger partial charge in [-0.15, -0.1) is 0 Å². The molecular formula is C12H14N2O2. The van der Waals surface area contributed by atoms with E-state index >= 15 is 0 Å². The second kappa shape index (κ2) is 3.79. The molecule has 1 aliphatic rings. The van der Waals surface area contributed by atoms with E-state index in [4.69, 9.17) is 13.3 Å². The maximum absolute atomic E-state index is 7.44. The molecule has 1 aromatic carbocycles. The van der Waals surface area contributed by atoms with Crippen molar-refractivity contribution in [1.29, 1.82) is 0 Å². The van der Waals surface area contributed by atoms with E-state index in [0.717, 1.165) is 16.8 Å². The highest BCUT2D eigenvalue weighted by Gasteiger charge is 2.17. The van der Waals surface area contributed by atoms with Gasteiger partial charge in [-0.1, -0.05) is 0 Å². The van der Waals surface area contributed by atoms with E-state index in [-0.39, 0.29) is 0 Å². The van der Waals surface area contributed by atoms with Crippen LogP contribution in [0.4, 0.5) is 5.69 Å². The summed E-state index contributed by atoms with van der Waals surface area (Å²) in [5, 5.41) is 0. The summed E-state index contributed by atoms with van der Waals surface area (Å²) >= 11 is 0. The number of anilines is 1. The molecule has 0 amide bonds. The van der Waals surface area contributed by atoms with Gasteiger partial charge in [0.25, 0.3) is 0 Å². The number of rotatable bonds is 1. The van der Waals surface area contributed by atoms with Crippen molar-refractivity contribution in [3.8, 4) is 0 Å². The van der Waals surface area contributed by atoms with Crippen molar-refractivity contribution < 1.29 is 13.3 Å². The van der Waals surface area contributed by atoms with Gasteiger partial charge in [-0.2, -0.15) is 0 Å². The molecule has 2 aromatic rings. The van der Waals surface area contributed by atoms with Crippen molar-refractivity contribution in [2.45, 2.75) is 13.0 Å². The number of hydrogen-bond acceptors (Lipinski definition) is 4. The average Bonchev–Trinajstić information content (AvgIpc) is 2.85. The maximum atomic E-state index is 7.44. The van der Waals surface area contributed by atoms with Crippen LogP contribution in [0.5, 0.6) is 0 Å². The van der Waals surface area contributed by atoms with Crippen LogP contribution in [0.1, 0.15) is 11.0 Å². The molecule has 84 valence electrons. The molecule has 1 atom stereocenters. The zero-order valence-corrected chi connectivity index (χ0v) is 8.72. The van der Waals surface area contributed by atoms with Gasteiger partial charge in [0.1, 0.15) is 5.52 Å². The Bertz CT molecular complexity index is 582. The van der Waals surface area contributed by atoms with E-state index in [1.807, 2.05) is 23.1 Å². The van der Waals surface area contributed by atoms with Gasteiger partial charge in [-0.25, -0.2) is 4.98 Å². The molecule has 4 heteroatoms. The lowest BCUT2D eigenvalue weighted by Gasteiger charge is -2.32. The lowest BCUT2D eigenvalue weighted by molar-refractivity contribution is 0.0532. The number of benzene rings is 1. The molecule has 3 rings (SSSR count). The molecule has 1 fully saturated rings. The highest BCUT2D eigenvalue weighted by Crippen LogP contribution is 2.22. The molecule has 1 aromatic heterocycles. The van der Waals surface area contributed by atoms with Crippen molar-refractivity contribution in [3.05, 3.63) is 24.6 Å². The van der Waals surface area contributed by atoms with E-state index in [2.05, 4.69) is 4.98 Å². The second-order valence-electron chi connectivity index (χ2n) is 3.81. The van der Waals surface area contributed by atoms with Gasteiger partial charge in [0.15, 0.2) is 12.0 Å². The Kier molecular flexibility index (Phi) is 1.64. The van der Waals surface area contributed by atoms with Crippen LogP contribution in [0.15, 0.2) is 29.0 Å². The Labute approximate surface area is 98.0 Å². The summed E-state index contributed by atoms with van der Waals surface area (Å²) < 4.78 is 32.8. The zero-order valence-electron chi connectivity index (χ0n) is 11.7. The number of ether oxygens (including phenoxy) is 1. The molecule has 0 bridgehead atoms. The maximum Gasteiger partial charge on any atom is 0.181 e. The van der Waals surface area contributed by atoms with Crippen LogP contribution in [0.3, 0.4) is 0 Å². The van der Waals surface area contributed by atoms with Gasteiger partial charge >= 0.3 is 0 Å². The van der Waals surface area contributed by atoms with Gasteiger partial charge in [0.05, 0.1) is 12.7 Å². The molecule has 0 saturated carbocycles. The molecule has 0 spiro atoms. The normalized spacial score (nSPS) is 25.1. The van der Waals surface area contributed by atoms with E-state index < -0.39 is 13.0 Å². The fourth-order valence-corrected chi connectivity index (χ4v) is 1.93. The third-order valence-electron chi connectivity index (χ3n) is 2.75. The van der Waals surface area contributed by atoms with Crippen molar-refractivity contribution in [2.75, 3.05) is 24.6 Å². The topological polar surface area (TPSA) is 38.5 Å². The van der Waals surface area contributed by atoms with Crippen LogP contribution in [0.2, 0.25) is 0 Å². The van der Waals surface area contributed by atoms with Crippen molar-refractivity contribution in [3.63, 3.8) is 0 Å². The summed E-state index contributed by atoms with van der Waals surface area (Å²) in [6.07, 6.45) is 0.660. The molecule has 1 aliphatic heterocycles. The number of fused-ring (bicyclic) bond motifs is 1. The van der Waals surface area contributed by atoms with Crippen LogP contribution in [0.25, 0.3) is 11.1 Å². The molecule has 1 saturated heterocycles. The van der Waals surface area contributed by atoms with Gasteiger partial charge in [0, 0.05) is 22.9 Å². The summed E-state index contributed by atoms with van der Waals surface area (Å²) in [5.41, 5.74) is 2.44. The van der Waals surface area contributed by atoms with E-state index in [1.165, 1.54) is 6.39 Å². The average molecular weight is 221 g/mol. The Hall–Kier alpha value is -1.55. The Morgan fingerprint density at radius 1 is 1.56 bits per heavy atom. The number of hydrogen-bond donors (Lipinski definition) is 0. The van der Waals surface area contributed by atoms with Gasteiger partial charge < -0.3 is 14.1 Å². The van der Waals surface area contributed by atoms with Crippen molar-refractivity contribution in [2.24, 2.45) is 0 Å². The fraction of sp³-hybridized carbons (Fsp3) is 0.417. The summed E-state index contributed by atoms with van der Waals surface area (Å²) in [6, 6.07) is 5.66. The number of aromatic nitrogens is 1. The van der Waals surface area contributed by atoms with E-state index in [9.17, 15) is 0 Å². The van der Waals surface area contributed by atoms with Gasteiger partial charge in [0.2, 0.25) is 0 Å². The summed E-state index contributed by atoms with van der Waals surface area (Å²) in [6.45, 7) is -0.633. The van der Waals surface area contributed by atoms with Gasteiger partial charge in [-0.3, -0.25) is 0 Å². The standard InChI is InChI=1S/C12H14N2O2/c1-9-7-14(4-5-15-9)10-2-3-12-11(6-10)13-8-16-12/h2-3,6,8-9H,4-5,7H2,1H3/i1D3. The fourth-order valence-electron chi connectivity index (χ4n) is 1.93. The number of oxazole rings is 1. The van der Waals surface area contributed by atoms with Crippen molar-refractivity contribution in [1.82, 2.24) is 4.98 Å². The SMILES string of the molecule is [2H]C([2H])([2H])C1CN(c2ccc3ocnc3c2)CCO1. The van der Waals surface area contributed by atoms with Crippen LogP contribution in [-0.2, 0) is 4.74 Å². The zero-order chi connectivity index (χ0) is 13.5. The monoisotopic (exact) mass is 221 g/mol. The summed E-state index contributed by atoms with van der Waals surface area (Å²) in [4.78, 5) is 6.11. The molecule has 0 radical (unpaired) electrons. The molecule has 0 N–H and O–H groups in total. The second-order valence-corrected chi connectivity index (χ2v) is 3.81. The first kappa shape index (κ1) is 6.91. The third-order valence-corrected chi connectivity index (χ3v) is 2.75. The minimum absolute atomic E-state index is 0.361. The van der Waals surface area contributed by atoms with E-state index in [0.29, 0.717) is 19.7 Å². The van der Waals surface area contributed by atoms with Crippen molar-refractivity contribution >= 4 is 16.8 Å². The highest BCUT2D eigenvalue weighted by molar-refractivity contribution is 5.77. The quantitative estimate of drug-likeness (QED) is 0.738. The molecule has 4 nitrogen and oxygen atoms in total. The first-order chi connectivity index (χ1) is 9.04. The third kappa shape index (κ3) is 1.65. The van der Waals surface area contributed by atoms with Gasteiger partial charge in [-0.05, 0) is 25.1 Å². The lowest BCUT2D eigenvalue weighted by Crippen LogP contribution is -2.41. The Morgan fingerprint density at radius 2 is 2.56 bits per heavy atom. The first-order valence-corrected chi connectivity index (χ1v) is 5.24. The first-order valence-electron chi connectivity index (χ1n) is 6.74. The molecule has 1 unspecified atom stereocenters. The molecular weight excluding hydrogens is 204 g/mol. The minimum atomic E-state index is -2.09. The number of morpholine rings is 1. The lowest BCUT2D eigenvalue weighted by atomic mass is 10.2.